The van der Waals surface area contributed by atoms with E-state index in [1.165, 1.54) is 0 Å². The number of carbonyl (C=O) groups excluding carboxylic acids is 1. The number of hydrogen-bond acceptors (Lipinski definition) is 7. The quantitative estimate of drug-likeness (QED) is 0.426. The Balaban J connectivity index is 1.76. The zero-order valence-corrected chi connectivity index (χ0v) is 19.6. The van der Waals surface area contributed by atoms with Gasteiger partial charge in [-0.05, 0) is 24.3 Å². The molecule has 1 aliphatic rings. The van der Waals surface area contributed by atoms with Crippen molar-refractivity contribution in [2.75, 3.05) is 33.2 Å². The molecule has 0 saturated heterocycles. The zero-order valence-electron chi connectivity index (χ0n) is 18.8. The number of fused-ring (bicyclic) bond motifs is 2. The van der Waals surface area contributed by atoms with E-state index in [0.29, 0.717) is 63.6 Å². The molecule has 0 fully saturated rings. The van der Waals surface area contributed by atoms with E-state index in [-0.39, 0.29) is 5.91 Å². The molecule has 3 heterocycles. The van der Waals surface area contributed by atoms with Crippen molar-refractivity contribution in [3.05, 3.63) is 53.3 Å². The number of amides is 1. The number of aromatic nitrogens is 3. The van der Waals surface area contributed by atoms with Gasteiger partial charge in [0.2, 0.25) is 0 Å². The van der Waals surface area contributed by atoms with Gasteiger partial charge in [-0.1, -0.05) is 17.7 Å². The minimum absolute atomic E-state index is 0.217. The summed E-state index contributed by atoms with van der Waals surface area (Å²) in [6.07, 6.45) is 1.70. The lowest BCUT2D eigenvalue weighted by Gasteiger charge is -2.17. The number of methoxy groups -OCH3 is 3. The first kappa shape index (κ1) is 21.8. The van der Waals surface area contributed by atoms with Crippen LogP contribution in [0.5, 0.6) is 17.2 Å². The first-order valence-corrected chi connectivity index (χ1v) is 10.9. The van der Waals surface area contributed by atoms with E-state index in [0.717, 1.165) is 10.9 Å². The standard InChI is InChI=1S/C24H22ClN5O4/c1-32-18-11-14-13(7-8-26-17(14)12-19(18)33-2)20-21(22-24(31)27-9-10-30(22)29-20)28-16-6-4-5-15(25)23(16)34-3/h4-8,11-12,28H,9-10H2,1-3H3,(H,27,31). The Bertz CT molecular complexity index is 1420. The maximum atomic E-state index is 12.9. The van der Waals surface area contributed by atoms with Crippen LogP contribution in [0.3, 0.4) is 0 Å². The Morgan fingerprint density at radius 1 is 1.09 bits per heavy atom. The number of pyridine rings is 1. The third-order valence-electron chi connectivity index (χ3n) is 5.71. The Morgan fingerprint density at radius 2 is 1.88 bits per heavy atom. The fourth-order valence-corrected chi connectivity index (χ4v) is 4.40. The number of halogens is 1. The second kappa shape index (κ2) is 8.75. The van der Waals surface area contributed by atoms with Gasteiger partial charge in [0.15, 0.2) is 17.2 Å². The molecule has 0 unspecified atom stereocenters. The monoisotopic (exact) mass is 479 g/mol. The zero-order chi connectivity index (χ0) is 23.8. The SMILES string of the molecule is COc1cc2nccc(-c3nn4c(c3Nc3cccc(Cl)c3OC)C(=O)NCC4)c2cc1OC. The molecule has 5 rings (SSSR count). The van der Waals surface area contributed by atoms with Crippen LogP contribution in [0.4, 0.5) is 11.4 Å². The summed E-state index contributed by atoms with van der Waals surface area (Å²) in [5.74, 6) is 1.39. The summed E-state index contributed by atoms with van der Waals surface area (Å²) in [6, 6.07) is 10.9. The van der Waals surface area contributed by atoms with E-state index in [1.807, 2.05) is 30.3 Å². The summed E-state index contributed by atoms with van der Waals surface area (Å²) < 4.78 is 18.2. The van der Waals surface area contributed by atoms with Gasteiger partial charge in [0, 0.05) is 29.8 Å². The van der Waals surface area contributed by atoms with Crippen molar-refractivity contribution in [2.45, 2.75) is 6.54 Å². The van der Waals surface area contributed by atoms with Gasteiger partial charge in [0.25, 0.3) is 5.91 Å². The predicted octanol–water partition coefficient (Wildman–Crippen LogP) is 4.26. The molecule has 2 aromatic heterocycles. The highest BCUT2D eigenvalue weighted by Gasteiger charge is 2.29. The Labute approximate surface area is 200 Å². The largest absolute Gasteiger partial charge is 0.493 e. The molecular formula is C24H22ClN5O4. The molecular weight excluding hydrogens is 458 g/mol. The molecule has 0 atom stereocenters. The van der Waals surface area contributed by atoms with Crippen LogP contribution in [0, 0.1) is 0 Å². The summed E-state index contributed by atoms with van der Waals surface area (Å²) >= 11 is 6.34. The van der Waals surface area contributed by atoms with Crippen LogP contribution in [0.2, 0.25) is 5.02 Å². The summed E-state index contributed by atoms with van der Waals surface area (Å²) in [5.41, 5.74) is 3.66. The van der Waals surface area contributed by atoms with Gasteiger partial charge in [-0.2, -0.15) is 5.10 Å². The van der Waals surface area contributed by atoms with Gasteiger partial charge in [0.1, 0.15) is 11.4 Å². The molecule has 34 heavy (non-hydrogen) atoms. The molecule has 0 radical (unpaired) electrons. The van der Waals surface area contributed by atoms with Crippen LogP contribution in [0.1, 0.15) is 10.5 Å². The molecule has 0 bridgehead atoms. The summed E-state index contributed by atoms with van der Waals surface area (Å²) in [7, 11) is 4.71. The van der Waals surface area contributed by atoms with Crippen LogP contribution < -0.4 is 24.8 Å². The third kappa shape index (κ3) is 3.54. The number of carbonyl (C=O) groups is 1. The van der Waals surface area contributed by atoms with E-state index in [9.17, 15) is 4.79 Å². The van der Waals surface area contributed by atoms with Gasteiger partial charge in [-0.15, -0.1) is 0 Å². The van der Waals surface area contributed by atoms with Gasteiger partial charge >= 0.3 is 0 Å². The molecule has 4 aromatic rings. The maximum absolute atomic E-state index is 12.9. The summed E-state index contributed by atoms with van der Waals surface area (Å²) in [5, 5.41) is 12.3. The maximum Gasteiger partial charge on any atom is 0.271 e. The van der Waals surface area contributed by atoms with Crippen molar-refractivity contribution in [1.29, 1.82) is 0 Å². The second-order valence-electron chi connectivity index (χ2n) is 7.58. The molecule has 1 aliphatic heterocycles. The van der Waals surface area contributed by atoms with Gasteiger partial charge < -0.3 is 24.8 Å². The van der Waals surface area contributed by atoms with Crippen LogP contribution in [0.15, 0.2) is 42.6 Å². The van der Waals surface area contributed by atoms with Gasteiger partial charge in [0.05, 0.1) is 49.8 Å². The molecule has 2 N–H and O–H groups in total. The lowest BCUT2D eigenvalue weighted by Crippen LogP contribution is -2.35. The third-order valence-corrected chi connectivity index (χ3v) is 6.01. The van der Waals surface area contributed by atoms with Crippen molar-refractivity contribution in [1.82, 2.24) is 20.1 Å². The van der Waals surface area contributed by atoms with Crippen LogP contribution in [-0.2, 0) is 6.54 Å². The smallest absolute Gasteiger partial charge is 0.271 e. The van der Waals surface area contributed by atoms with Crippen LogP contribution in [0.25, 0.3) is 22.2 Å². The van der Waals surface area contributed by atoms with Crippen molar-refractivity contribution in [3.63, 3.8) is 0 Å². The number of para-hydroxylation sites is 1. The van der Waals surface area contributed by atoms with Gasteiger partial charge in [-0.3, -0.25) is 14.5 Å². The van der Waals surface area contributed by atoms with Gasteiger partial charge in [-0.25, -0.2) is 0 Å². The Morgan fingerprint density at radius 3 is 2.65 bits per heavy atom. The molecule has 1 amide bonds. The number of anilines is 2. The van der Waals surface area contributed by atoms with Crippen molar-refractivity contribution in [3.8, 4) is 28.5 Å². The molecule has 174 valence electrons. The van der Waals surface area contributed by atoms with Crippen LogP contribution in [-0.4, -0.2) is 48.5 Å². The number of benzene rings is 2. The Hall–Kier alpha value is -3.98. The van der Waals surface area contributed by atoms with E-state index in [2.05, 4.69) is 15.6 Å². The molecule has 0 spiro atoms. The molecule has 0 aliphatic carbocycles. The normalized spacial score (nSPS) is 12.8. The topological polar surface area (TPSA) is 99.5 Å². The number of nitrogens with zero attached hydrogens (tertiary/aromatic N) is 3. The molecule has 9 nitrogen and oxygen atoms in total. The highest BCUT2D eigenvalue weighted by atomic mass is 35.5. The first-order chi connectivity index (χ1) is 16.5. The minimum Gasteiger partial charge on any atom is -0.493 e. The average Bonchev–Trinajstić information content (AvgIpc) is 3.22. The molecule has 0 saturated carbocycles. The highest BCUT2D eigenvalue weighted by molar-refractivity contribution is 6.32. The number of rotatable bonds is 6. The number of ether oxygens (including phenoxy) is 3. The average molecular weight is 480 g/mol. The number of nitrogens with one attached hydrogen (secondary N) is 2. The molecule has 2 aromatic carbocycles. The number of hydrogen-bond donors (Lipinski definition) is 2. The Kier molecular flexibility index (Phi) is 5.62. The molecule has 10 heteroatoms. The highest BCUT2D eigenvalue weighted by Crippen LogP contribution is 2.42. The predicted molar refractivity (Wildman–Crippen MR) is 130 cm³/mol. The fourth-order valence-electron chi connectivity index (χ4n) is 4.15. The van der Waals surface area contributed by atoms with E-state index in [1.54, 1.807) is 38.3 Å². The first-order valence-electron chi connectivity index (χ1n) is 10.5. The fraction of sp³-hybridized carbons (Fsp3) is 0.208. The van der Waals surface area contributed by atoms with Crippen LogP contribution >= 0.6 is 11.6 Å². The van der Waals surface area contributed by atoms with E-state index >= 15 is 0 Å². The minimum atomic E-state index is -0.217. The van der Waals surface area contributed by atoms with E-state index in [4.69, 9.17) is 30.9 Å². The van der Waals surface area contributed by atoms with E-state index < -0.39 is 0 Å². The summed E-state index contributed by atoms with van der Waals surface area (Å²) in [6.45, 7) is 1.04. The van der Waals surface area contributed by atoms with Crippen molar-refractivity contribution < 1.29 is 19.0 Å². The lowest BCUT2D eigenvalue weighted by molar-refractivity contribution is 0.0925. The lowest BCUT2D eigenvalue weighted by atomic mass is 10.0. The second-order valence-corrected chi connectivity index (χ2v) is 7.99. The van der Waals surface area contributed by atoms with Crippen molar-refractivity contribution in [2.24, 2.45) is 0 Å². The summed E-state index contributed by atoms with van der Waals surface area (Å²) in [4.78, 5) is 17.4. The van der Waals surface area contributed by atoms with Crippen molar-refractivity contribution >= 4 is 39.8 Å².